The summed E-state index contributed by atoms with van der Waals surface area (Å²) in [4.78, 5) is 21.0. The summed E-state index contributed by atoms with van der Waals surface area (Å²) in [5.41, 5.74) is 2.23. The SMILES string of the molecule is O=c1[nH]c2ccc(S(=O)(=O)NCc3nc4ccccc4[nH]3)cc2o1. The molecule has 4 rings (SSSR count). The maximum Gasteiger partial charge on any atom is 0.417 e. The minimum atomic E-state index is -3.76. The van der Waals surface area contributed by atoms with E-state index in [0.29, 0.717) is 11.3 Å². The molecule has 2 aromatic carbocycles. The second kappa shape index (κ2) is 5.32. The van der Waals surface area contributed by atoms with E-state index in [4.69, 9.17) is 4.42 Å². The van der Waals surface area contributed by atoms with Gasteiger partial charge in [0.2, 0.25) is 10.0 Å². The molecule has 3 N–H and O–H groups in total. The van der Waals surface area contributed by atoms with E-state index in [9.17, 15) is 13.2 Å². The van der Waals surface area contributed by atoms with Crippen LogP contribution < -0.4 is 10.5 Å². The summed E-state index contributed by atoms with van der Waals surface area (Å²) in [5, 5.41) is 0. The van der Waals surface area contributed by atoms with Crippen LogP contribution in [0.3, 0.4) is 0 Å². The second-order valence-corrected chi connectivity index (χ2v) is 6.96. The Balaban J connectivity index is 1.60. The van der Waals surface area contributed by atoms with Crippen LogP contribution in [-0.2, 0) is 16.6 Å². The van der Waals surface area contributed by atoms with E-state index >= 15 is 0 Å². The molecule has 0 amide bonds. The van der Waals surface area contributed by atoms with Crippen LogP contribution in [0.2, 0.25) is 0 Å². The first-order chi connectivity index (χ1) is 11.5. The quantitative estimate of drug-likeness (QED) is 0.518. The number of imidazole rings is 1. The standard InChI is InChI=1S/C15H12N4O4S/c20-15-19-12-6-5-9(7-13(12)23-15)24(21,22)16-8-14-17-10-3-1-2-4-11(10)18-14/h1-7,16H,8H2,(H,17,18)(H,19,20). The van der Waals surface area contributed by atoms with Gasteiger partial charge >= 0.3 is 5.76 Å². The van der Waals surface area contributed by atoms with E-state index in [1.807, 2.05) is 24.3 Å². The minimum Gasteiger partial charge on any atom is -0.408 e. The van der Waals surface area contributed by atoms with E-state index in [-0.39, 0.29) is 17.0 Å². The van der Waals surface area contributed by atoms with Gasteiger partial charge in [-0.3, -0.25) is 4.98 Å². The van der Waals surface area contributed by atoms with Gasteiger partial charge in [0.15, 0.2) is 5.58 Å². The fourth-order valence-electron chi connectivity index (χ4n) is 2.43. The Bertz CT molecular complexity index is 1170. The third kappa shape index (κ3) is 2.59. The van der Waals surface area contributed by atoms with E-state index in [2.05, 4.69) is 19.7 Å². The van der Waals surface area contributed by atoms with Gasteiger partial charge in [0.05, 0.1) is 28.0 Å². The van der Waals surface area contributed by atoms with Crippen molar-refractivity contribution in [3.05, 3.63) is 58.8 Å². The van der Waals surface area contributed by atoms with Gasteiger partial charge in [-0.15, -0.1) is 0 Å². The summed E-state index contributed by atoms with van der Waals surface area (Å²) in [5.74, 6) is -0.121. The van der Waals surface area contributed by atoms with Gasteiger partial charge < -0.3 is 9.40 Å². The average molecular weight is 344 g/mol. The van der Waals surface area contributed by atoms with Gasteiger partial charge in [-0.25, -0.2) is 22.9 Å². The highest BCUT2D eigenvalue weighted by Crippen LogP contribution is 2.17. The van der Waals surface area contributed by atoms with Crippen LogP contribution in [-0.4, -0.2) is 23.4 Å². The predicted molar refractivity (Wildman–Crippen MR) is 87.0 cm³/mol. The lowest BCUT2D eigenvalue weighted by Gasteiger charge is -2.05. The third-order valence-corrected chi connectivity index (χ3v) is 4.97. The van der Waals surface area contributed by atoms with E-state index in [1.54, 1.807) is 0 Å². The van der Waals surface area contributed by atoms with Crippen LogP contribution >= 0.6 is 0 Å². The number of aromatic amines is 2. The van der Waals surface area contributed by atoms with Crippen molar-refractivity contribution in [2.75, 3.05) is 0 Å². The molecule has 4 aromatic rings. The first-order valence-corrected chi connectivity index (χ1v) is 8.56. The van der Waals surface area contributed by atoms with Crippen molar-refractivity contribution in [2.24, 2.45) is 0 Å². The topological polar surface area (TPSA) is 121 Å². The van der Waals surface area contributed by atoms with Crippen molar-refractivity contribution in [1.82, 2.24) is 19.7 Å². The number of fused-ring (bicyclic) bond motifs is 2. The lowest BCUT2D eigenvalue weighted by molar-refractivity contribution is 0.553. The molecule has 0 saturated carbocycles. The molecule has 2 aromatic heterocycles. The zero-order valence-corrected chi connectivity index (χ0v) is 13.1. The van der Waals surface area contributed by atoms with Gasteiger partial charge in [-0.1, -0.05) is 12.1 Å². The Kier molecular flexibility index (Phi) is 3.25. The summed E-state index contributed by atoms with van der Waals surface area (Å²) < 4.78 is 32.1. The Morgan fingerprint density at radius 3 is 2.75 bits per heavy atom. The van der Waals surface area contributed by atoms with Crippen LogP contribution in [0.5, 0.6) is 0 Å². The molecule has 24 heavy (non-hydrogen) atoms. The first kappa shape index (κ1) is 14.7. The molecular weight excluding hydrogens is 332 g/mol. The summed E-state index contributed by atoms with van der Waals surface area (Å²) in [6.45, 7) is 0.0200. The molecule has 0 unspecified atom stereocenters. The normalized spacial score (nSPS) is 12.2. The molecule has 2 heterocycles. The maximum atomic E-state index is 12.4. The van der Waals surface area contributed by atoms with Crippen LogP contribution in [0.15, 0.2) is 56.6 Å². The molecule has 122 valence electrons. The van der Waals surface area contributed by atoms with Crippen LogP contribution in [0.4, 0.5) is 0 Å². The molecule has 0 fully saturated rings. The van der Waals surface area contributed by atoms with E-state index < -0.39 is 15.8 Å². The fraction of sp³-hybridized carbons (Fsp3) is 0.0667. The summed E-state index contributed by atoms with van der Waals surface area (Å²) >= 11 is 0. The van der Waals surface area contributed by atoms with Gasteiger partial charge in [-0.2, -0.15) is 0 Å². The van der Waals surface area contributed by atoms with Gasteiger partial charge in [0, 0.05) is 6.07 Å². The summed E-state index contributed by atoms with van der Waals surface area (Å²) in [6.07, 6.45) is 0. The third-order valence-electron chi connectivity index (χ3n) is 3.57. The van der Waals surface area contributed by atoms with Crippen molar-refractivity contribution in [1.29, 1.82) is 0 Å². The van der Waals surface area contributed by atoms with Crippen molar-refractivity contribution in [3.8, 4) is 0 Å². The maximum absolute atomic E-state index is 12.4. The number of hydrogen-bond acceptors (Lipinski definition) is 5. The lowest BCUT2D eigenvalue weighted by Crippen LogP contribution is -2.23. The number of rotatable bonds is 4. The highest BCUT2D eigenvalue weighted by atomic mass is 32.2. The number of nitrogens with one attached hydrogen (secondary N) is 3. The van der Waals surface area contributed by atoms with Crippen LogP contribution in [0, 0.1) is 0 Å². The zero-order valence-electron chi connectivity index (χ0n) is 12.2. The smallest absolute Gasteiger partial charge is 0.408 e. The van der Waals surface area contributed by atoms with Gasteiger partial charge in [0.1, 0.15) is 5.82 Å². The molecule has 0 radical (unpaired) electrons. The van der Waals surface area contributed by atoms with Crippen molar-refractivity contribution < 1.29 is 12.8 Å². The molecule has 0 aliphatic heterocycles. The molecule has 0 atom stereocenters. The molecule has 0 aliphatic carbocycles. The Morgan fingerprint density at radius 1 is 1.08 bits per heavy atom. The molecule has 0 aliphatic rings. The Morgan fingerprint density at radius 2 is 1.92 bits per heavy atom. The largest absolute Gasteiger partial charge is 0.417 e. The number of sulfonamides is 1. The summed E-state index contributed by atoms with van der Waals surface area (Å²) in [7, 11) is -3.76. The molecule has 9 heteroatoms. The molecule has 0 spiro atoms. The number of benzene rings is 2. The monoisotopic (exact) mass is 344 g/mol. The number of H-pyrrole nitrogens is 2. The number of hydrogen-bond donors (Lipinski definition) is 3. The highest BCUT2D eigenvalue weighted by molar-refractivity contribution is 7.89. The Hall–Kier alpha value is -2.91. The minimum absolute atomic E-state index is 0.00820. The van der Waals surface area contributed by atoms with E-state index in [1.165, 1.54) is 18.2 Å². The second-order valence-electron chi connectivity index (χ2n) is 5.20. The highest BCUT2D eigenvalue weighted by Gasteiger charge is 2.16. The predicted octanol–water partition coefficient (Wildman–Crippen LogP) is 1.48. The van der Waals surface area contributed by atoms with Crippen molar-refractivity contribution >= 4 is 32.2 Å². The zero-order chi connectivity index (χ0) is 16.7. The van der Waals surface area contributed by atoms with Gasteiger partial charge in [0.25, 0.3) is 0 Å². The fourth-order valence-corrected chi connectivity index (χ4v) is 3.43. The average Bonchev–Trinajstić information content (AvgIpc) is 3.13. The Labute approximate surface area is 135 Å². The van der Waals surface area contributed by atoms with Crippen LogP contribution in [0.25, 0.3) is 22.1 Å². The first-order valence-electron chi connectivity index (χ1n) is 7.07. The van der Waals surface area contributed by atoms with Gasteiger partial charge in [-0.05, 0) is 24.3 Å². The lowest BCUT2D eigenvalue weighted by atomic mass is 10.3. The molecule has 0 saturated heterocycles. The number of aromatic nitrogens is 3. The molecular formula is C15H12N4O4S. The van der Waals surface area contributed by atoms with Crippen LogP contribution in [0.1, 0.15) is 5.82 Å². The number of nitrogens with zero attached hydrogens (tertiary/aromatic N) is 1. The van der Waals surface area contributed by atoms with Crippen molar-refractivity contribution in [3.63, 3.8) is 0 Å². The number of oxazole rings is 1. The number of para-hydroxylation sites is 2. The van der Waals surface area contributed by atoms with E-state index in [0.717, 1.165) is 11.0 Å². The van der Waals surface area contributed by atoms with Crippen molar-refractivity contribution in [2.45, 2.75) is 11.4 Å². The summed E-state index contributed by atoms with van der Waals surface area (Å²) in [6, 6.07) is 11.6. The molecule has 8 nitrogen and oxygen atoms in total. The molecule has 0 bridgehead atoms.